The lowest BCUT2D eigenvalue weighted by Gasteiger charge is -2.27. The number of carbonyl (C=O) groups excluding carboxylic acids is 1. The number of alkyl halides is 1. The first-order valence-corrected chi connectivity index (χ1v) is 6.19. The summed E-state index contributed by atoms with van der Waals surface area (Å²) in [5, 5.41) is 2.93. The predicted octanol–water partition coefficient (Wildman–Crippen LogP) is 1.21. The van der Waals surface area contributed by atoms with Crippen molar-refractivity contribution in [1.29, 1.82) is 0 Å². The number of ether oxygens (including phenoxy) is 1. The lowest BCUT2D eigenvalue weighted by atomic mass is 9.89. The van der Waals surface area contributed by atoms with Crippen molar-refractivity contribution in [1.82, 2.24) is 5.32 Å². The number of amides is 1. The van der Waals surface area contributed by atoms with E-state index in [4.69, 9.17) is 4.74 Å². The summed E-state index contributed by atoms with van der Waals surface area (Å²) in [6, 6.07) is 0. The van der Waals surface area contributed by atoms with Crippen molar-refractivity contribution >= 4 is 28.5 Å². The molecule has 1 rings (SSSR count). The molecule has 3 nitrogen and oxygen atoms in total. The van der Waals surface area contributed by atoms with Crippen LogP contribution >= 0.6 is 22.6 Å². The van der Waals surface area contributed by atoms with Gasteiger partial charge < -0.3 is 10.1 Å². The van der Waals surface area contributed by atoms with Gasteiger partial charge >= 0.3 is 0 Å². The van der Waals surface area contributed by atoms with E-state index >= 15 is 0 Å². The molecule has 76 valence electrons. The highest BCUT2D eigenvalue weighted by Crippen LogP contribution is 2.21. The standard InChI is InChI=1S/C9H16INO2/c1-7-6-13-5-2-8(7)9(12)11-4-3-10/h7-8H,2-6H2,1H3,(H,11,12). The topological polar surface area (TPSA) is 38.3 Å². The van der Waals surface area contributed by atoms with E-state index in [1.54, 1.807) is 0 Å². The van der Waals surface area contributed by atoms with Gasteiger partial charge in [0.2, 0.25) is 5.91 Å². The van der Waals surface area contributed by atoms with Crippen LogP contribution in [0.15, 0.2) is 0 Å². The number of hydrogen-bond donors (Lipinski definition) is 1. The molecule has 0 spiro atoms. The van der Waals surface area contributed by atoms with Crippen molar-refractivity contribution in [2.24, 2.45) is 11.8 Å². The Morgan fingerprint density at radius 2 is 2.46 bits per heavy atom. The van der Waals surface area contributed by atoms with Gasteiger partial charge in [-0.2, -0.15) is 0 Å². The molecular weight excluding hydrogens is 281 g/mol. The van der Waals surface area contributed by atoms with Crippen LogP contribution in [0.5, 0.6) is 0 Å². The average molecular weight is 297 g/mol. The third-order valence-corrected chi connectivity index (χ3v) is 2.91. The fourth-order valence-corrected chi connectivity index (χ4v) is 1.84. The Morgan fingerprint density at radius 3 is 3.08 bits per heavy atom. The average Bonchev–Trinajstić information content (AvgIpc) is 2.15. The highest BCUT2D eigenvalue weighted by Gasteiger charge is 2.27. The molecule has 0 aromatic heterocycles. The van der Waals surface area contributed by atoms with Crippen LogP contribution in [0.4, 0.5) is 0 Å². The lowest BCUT2D eigenvalue weighted by molar-refractivity contribution is -0.130. The summed E-state index contributed by atoms with van der Waals surface area (Å²) in [5.41, 5.74) is 0. The van der Waals surface area contributed by atoms with E-state index in [0.29, 0.717) is 5.92 Å². The van der Waals surface area contributed by atoms with Gasteiger partial charge in [0.15, 0.2) is 0 Å². The minimum atomic E-state index is 0.164. The molecule has 1 N–H and O–H groups in total. The summed E-state index contributed by atoms with van der Waals surface area (Å²) < 4.78 is 6.26. The van der Waals surface area contributed by atoms with Crippen molar-refractivity contribution in [2.75, 3.05) is 24.2 Å². The van der Waals surface area contributed by atoms with E-state index in [1.807, 2.05) is 0 Å². The number of hydrogen-bond acceptors (Lipinski definition) is 2. The van der Waals surface area contributed by atoms with Gasteiger partial charge in [0.1, 0.15) is 0 Å². The van der Waals surface area contributed by atoms with Gasteiger partial charge in [-0.15, -0.1) is 0 Å². The molecule has 1 aliphatic rings. The summed E-state index contributed by atoms with van der Waals surface area (Å²) in [6.45, 7) is 4.31. The van der Waals surface area contributed by atoms with Crippen LogP contribution in [0.25, 0.3) is 0 Å². The van der Waals surface area contributed by atoms with Gasteiger partial charge in [-0.3, -0.25) is 4.79 Å². The summed E-state index contributed by atoms with van der Waals surface area (Å²) in [7, 11) is 0. The van der Waals surface area contributed by atoms with Gasteiger partial charge in [-0.25, -0.2) is 0 Å². The van der Waals surface area contributed by atoms with Crippen molar-refractivity contribution in [2.45, 2.75) is 13.3 Å². The number of halogens is 1. The Balaban J connectivity index is 2.35. The zero-order valence-corrected chi connectivity index (χ0v) is 10.0. The maximum atomic E-state index is 11.6. The third-order valence-electron chi connectivity index (χ3n) is 2.37. The molecule has 0 aromatic carbocycles. The van der Waals surface area contributed by atoms with Crippen molar-refractivity contribution in [3.8, 4) is 0 Å². The maximum absolute atomic E-state index is 11.6. The highest BCUT2D eigenvalue weighted by atomic mass is 127. The van der Waals surface area contributed by atoms with E-state index in [9.17, 15) is 4.79 Å². The van der Waals surface area contributed by atoms with Crippen LogP contribution in [0.1, 0.15) is 13.3 Å². The molecular formula is C9H16INO2. The Bertz CT molecular complexity index is 175. The molecule has 2 unspecified atom stereocenters. The largest absolute Gasteiger partial charge is 0.381 e. The van der Waals surface area contributed by atoms with Gasteiger partial charge in [-0.05, 0) is 12.3 Å². The molecule has 1 heterocycles. The molecule has 0 aromatic rings. The molecule has 1 amide bonds. The van der Waals surface area contributed by atoms with Crippen LogP contribution in [0.2, 0.25) is 0 Å². The predicted molar refractivity (Wildman–Crippen MR) is 60.0 cm³/mol. The molecule has 1 saturated heterocycles. The van der Waals surface area contributed by atoms with Crippen LogP contribution in [0.3, 0.4) is 0 Å². The zero-order chi connectivity index (χ0) is 9.68. The van der Waals surface area contributed by atoms with Crippen LogP contribution in [0, 0.1) is 11.8 Å². The smallest absolute Gasteiger partial charge is 0.223 e. The molecule has 1 fully saturated rings. The highest BCUT2D eigenvalue weighted by molar-refractivity contribution is 14.1. The second-order valence-electron chi connectivity index (χ2n) is 3.43. The first kappa shape index (κ1) is 11.2. The molecule has 0 saturated carbocycles. The Morgan fingerprint density at radius 1 is 1.69 bits per heavy atom. The second kappa shape index (κ2) is 5.80. The first-order chi connectivity index (χ1) is 6.25. The quantitative estimate of drug-likeness (QED) is 0.628. The van der Waals surface area contributed by atoms with E-state index in [-0.39, 0.29) is 11.8 Å². The molecule has 13 heavy (non-hydrogen) atoms. The molecule has 1 aliphatic heterocycles. The summed E-state index contributed by atoms with van der Waals surface area (Å²) in [6.07, 6.45) is 0.869. The summed E-state index contributed by atoms with van der Waals surface area (Å²) in [5.74, 6) is 0.729. The van der Waals surface area contributed by atoms with Gasteiger partial charge in [-0.1, -0.05) is 29.5 Å². The number of rotatable bonds is 3. The zero-order valence-electron chi connectivity index (χ0n) is 7.88. The summed E-state index contributed by atoms with van der Waals surface area (Å²) >= 11 is 2.26. The van der Waals surface area contributed by atoms with Gasteiger partial charge in [0.05, 0.1) is 0 Å². The summed E-state index contributed by atoms with van der Waals surface area (Å²) in [4.78, 5) is 11.6. The van der Waals surface area contributed by atoms with Crippen molar-refractivity contribution in [3.05, 3.63) is 0 Å². The monoisotopic (exact) mass is 297 g/mol. The first-order valence-electron chi connectivity index (χ1n) is 4.67. The minimum absolute atomic E-state index is 0.164. The molecule has 2 atom stereocenters. The number of carbonyl (C=O) groups is 1. The van der Waals surface area contributed by atoms with Crippen LogP contribution in [-0.2, 0) is 9.53 Å². The van der Waals surface area contributed by atoms with Crippen molar-refractivity contribution < 1.29 is 9.53 Å². The molecule has 4 heteroatoms. The minimum Gasteiger partial charge on any atom is -0.381 e. The van der Waals surface area contributed by atoms with Crippen LogP contribution in [-0.4, -0.2) is 30.1 Å². The normalized spacial score (nSPS) is 28.5. The second-order valence-corrected chi connectivity index (χ2v) is 4.51. The Labute approximate surface area is 92.7 Å². The maximum Gasteiger partial charge on any atom is 0.223 e. The van der Waals surface area contributed by atoms with Gasteiger partial charge in [0.25, 0.3) is 0 Å². The van der Waals surface area contributed by atoms with E-state index < -0.39 is 0 Å². The SMILES string of the molecule is CC1COCCC1C(=O)NCCI. The molecule has 0 aliphatic carbocycles. The van der Waals surface area contributed by atoms with Crippen LogP contribution < -0.4 is 5.32 Å². The third kappa shape index (κ3) is 3.42. The number of nitrogens with one attached hydrogen (secondary N) is 1. The van der Waals surface area contributed by atoms with Gasteiger partial charge in [0, 0.05) is 30.1 Å². The van der Waals surface area contributed by atoms with E-state index in [2.05, 4.69) is 34.8 Å². The lowest BCUT2D eigenvalue weighted by Crippen LogP contribution is -2.39. The Hall–Kier alpha value is 0.160. The molecule has 0 radical (unpaired) electrons. The fourth-order valence-electron chi connectivity index (χ4n) is 1.57. The fraction of sp³-hybridized carbons (Fsp3) is 0.889. The van der Waals surface area contributed by atoms with E-state index in [0.717, 1.165) is 30.6 Å². The van der Waals surface area contributed by atoms with Crippen molar-refractivity contribution in [3.63, 3.8) is 0 Å². The molecule has 0 bridgehead atoms. The Kier molecular flexibility index (Phi) is 5.01. The van der Waals surface area contributed by atoms with E-state index in [1.165, 1.54) is 0 Å².